The zero-order valence-electron chi connectivity index (χ0n) is 30.2. The average molecular weight is 811 g/mol. The molecule has 1 aromatic heterocycles. The first-order valence-electron chi connectivity index (χ1n) is 18.2. The van der Waals surface area contributed by atoms with E-state index in [1.54, 1.807) is 27.6 Å². The molecular formula is C41H41BrFN5O5Si. The van der Waals surface area contributed by atoms with Crippen molar-refractivity contribution in [2.24, 2.45) is 5.92 Å². The number of ether oxygens (including phenoxy) is 2. The smallest absolute Gasteiger partial charge is 0.269 e. The number of carbonyl (C=O) groups excluding carboxylic acids is 2. The predicted molar refractivity (Wildman–Crippen MR) is 209 cm³/mol. The molecule has 3 aliphatic rings. The summed E-state index contributed by atoms with van der Waals surface area (Å²) in [5, 5.41) is 18.9. The zero-order valence-corrected chi connectivity index (χ0v) is 32.8. The summed E-state index contributed by atoms with van der Waals surface area (Å²) in [5.74, 6) is -0.505. The lowest BCUT2D eigenvalue weighted by Gasteiger charge is -2.31. The molecule has 8 rings (SSSR count). The van der Waals surface area contributed by atoms with Gasteiger partial charge in [-0.05, 0) is 73.1 Å². The monoisotopic (exact) mass is 809 g/mol. The normalized spacial score (nSPS) is 22.7. The van der Waals surface area contributed by atoms with E-state index >= 15 is 4.11 Å². The lowest BCUT2D eigenvalue weighted by molar-refractivity contribution is -0.146. The van der Waals surface area contributed by atoms with Crippen LogP contribution in [0, 0.1) is 5.92 Å². The number of aromatic nitrogens is 3. The fraction of sp³-hybridized carbons (Fsp3) is 0.317. The molecule has 3 aliphatic heterocycles. The maximum absolute atomic E-state index is 16.5. The third kappa shape index (κ3) is 6.26. The summed E-state index contributed by atoms with van der Waals surface area (Å²) in [4.78, 5) is 31.2. The van der Waals surface area contributed by atoms with Crippen LogP contribution in [0.15, 0.2) is 108 Å². The van der Waals surface area contributed by atoms with Gasteiger partial charge in [0.1, 0.15) is 5.75 Å². The molecule has 5 aromatic rings. The van der Waals surface area contributed by atoms with Gasteiger partial charge in [-0.25, -0.2) is 0 Å². The molecule has 1 unspecified atom stereocenters. The van der Waals surface area contributed by atoms with E-state index in [1.807, 2.05) is 110 Å². The molecule has 13 heteroatoms. The van der Waals surface area contributed by atoms with Crippen molar-refractivity contribution in [2.45, 2.75) is 62.7 Å². The van der Waals surface area contributed by atoms with Crippen LogP contribution in [0.3, 0.4) is 0 Å². The Kier molecular flexibility index (Phi) is 9.53. The molecule has 0 radical (unpaired) electrons. The second-order valence-electron chi connectivity index (χ2n) is 14.8. The minimum Gasteiger partial charge on any atom is -0.482 e. The SMILES string of the molecule is C[C@@H]1[C@@H]([Si](C)(C)F)[C@H](CCn2cc(C(CO)c3ccccc3)nn2)O[C@@]12C(=O)N(Cc1ccc(N3C(=O)COc4ccccc43)cc1)c1ccc(Br)cc12. The average Bonchev–Trinajstić information content (AvgIpc) is 3.82. The van der Waals surface area contributed by atoms with Gasteiger partial charge in [0, 0.05) is 39.9 Å². The highest BCUT2D eigenvalue weighted by Gasteiger charge is 2.66. The Labute approximate surface area is 322 Å². The number of rotatable bonds is 10. The molecule has 5 atom stereocenters. The Morgan fingerprint density at radius 2 is 1.74 bits per heavy atom. The lowest BCUT2D eigenvalue weighted by atomic mass is 9.82. The molecule has 278 valence electrons. The van der Waals surface area contributed by atoms with E-state index in [0.717, 1.165) is 26.9 Å². The highest BCUT2D eigenvalue weighted by Crippen LogP contribution is 2.60. The fourth-order valence-corrected chi connectivity index (χ4v) is 11.6. The van der Waals surface area contributed by atoms with Gasteiger partial charge in [0.2, 0.25) is 8.41 Å². The van der Waals surface area contributed by atoms with Gasteiger partial charge in [0.05, 0.1) is 42.2 Å². The first kappa shape index (κ1) is 36.3. The third-order valence-corrected chi connectivity index (χ3v) is 14.1. The van der Waals surface area contributed by atoms with Gasteiger partial charge in [-0.1, -0.05) is 82.7 Å². The maximum Gasteiger partial charge on any atom is 0.269 e. The number of benzene rings is 4. The van der Waals surface area contributed by atoms with Crippen LogP contribution in [0.1, 0.15) is 41.6 Å². The summed E-state index contributed by atoms with van der Waals surface area (Å²) >= 11 is 3.62. The molecule has 0 bridgehead atoms. The Balaban J connectivity index is 1.06. The number of para-hydroxylation sites is 2. The first-order valence-corrected chi connectivity index (χ1v) is 21.9. The standard InChI is InChI=1S/C41H41BrFN5O5Si/c1-26-39(54(2,3)43)37(19-20-46-23-33(44-45-46)31(24-49)28-9-5-4-6-10-28)53-41(26)32-21-29(42)15-18-34(32)47(40(41)51)22-27-13-16-30(17-14-27)48-35-11-7-8-12-36(35)52-25-38(48)50/h4-18,21,23,26,31,37,39,49H,19-20,22,24-25H2,1-3H3/t26-,31?,37+,39-,41+/m1/s1. The number of hydrogen-bond acceptors (Lipinski definition) is 7. The number of halogens is 2. The van der Waals surface area contributed by atoms with E-state index in [9.17, 15) is 14.7 Å². The van der Waals surface area contributed by atoms with Crippen molar-refractivity contribution in [1.82, 2.24) is 15.0 Å². The molecule has 1 saturated heterocycles. The van der Waals surface area contributed by atoms with Crippen LogP contribution < -0.4 is 14.5 Å². The summed E-state index contributed by atoms with van der Waals surface area (Å²) in [7, 11) is -3.39. The first-order chi connectivity index (χ1) is 26.0. The number of hydrogen-bond donors (Lipinski definition) is 1. The highest BCUT2D eigenvalue weighted by molar-refractivity contribution is 9.10. The summed E-state index contributed by atoms with van der Waals surface area (Å²) in [6.07, 6.45) is 1.70. The molecule has 4 heterocycles. The highest BCUT2D eigenvalue weighted by atomic mass is 79.9. The minimum atomic E-state index is -3.39. The second-order valence-corrected chi connectivity index (χ2v) is 19.5. The van der Waals surface area contributed by atoms with Crippen molar-refractivity contribution >= 4 is 53.2 Å². The van der Waals surface area contributed by atoms with Crippen LogP contribution in [0.2, 0.25) is 18.6 Å². The number of aliphatic hydroxyl groups excluding tert-OH is 1. The van der Waals surface area contributed by atoms with Crippen molar-refractivity contribution in [3.63, 3.8) is 0 Å². The Bertz CT molecular complexity index is 2200. The molecule has 1 spiro atoms. The summed E-state index contributed by atoms with van der Waals surface area (Å²) in [6.45, 7) is 5.85. The van der Waals surface area contributed by atoms with Crippen molar-refractivity contribution in [3.05, 3.63) is 130 Å². The van der Waals surface area contributed by atoms with Crippen LogP contribution in [0.25, 0.3) is 0 Å². The zero-order chi connectivity index (χ0) is 37.8. The van der Waals surface area contributed by atoms with Gasteiger partial charge >= 0.3 is 0 Å². The topological polar surface area (TPSA) is 110 Å². The molecule has 1 N–H and O–H groups in total. The largest absolute Gasteiger partial charge is 0.482 e. The summed E-state index contributed by atoms with van der Waals surface area (Å²) < 4.78 is 31.6. The number of anilines is 3. The van der Waals surface area contributed by atoms with Crippen LogP contribution in [0.4, 0.5) is 21.2 Å². The molecule has 54 heavy (non-hydrogen) atoms. The van der Waals surface area contributed by atoms with Crippen molar-refractivity contribution in [2.75, 3.05) is 23.0 Å². The number of nitrogens with zero attached hydrogens (tertiary/aromatic N) is 5. The lowest BCUT2D eigenvalue weighted by Crippen LogP contribution is -2.45. The number of amides is 2. The van der Waals surface area contributed by atoms with Crippen molar-refractivity contribution in [3.8, 4) is 5.75 Å². The summed E-state index contributed by atoms with van der Waals surface area (Å²) in [6, 6.07) is 30.5. The van der Waals surface area contributed by atoms with Crippen LogP contribution >= 0.6 is 15.9 Å². The number of aryl methyl sites for hydroxylation is 1. The molecule has 10 nitrogen and oxygen atoms in total. The van der Waals surface area contributed by atoms with Crippen molar-refractivity contribution in [1.29, 1.82) is 0 Å². The van der Waals surface area contributed by atoms with E-state index in [0.29, 0.717) is 35.8 Å². The van der Waals surface area contributed by atoms with E-state index in [4.69, 9.17) is 9.47 Å². The third-order valence-electron chi connectivity index (χ3n) is 11.1. The van der Waals surface area contributed by atoms with Gasteiger partial charge in [-0.3, -0.25) is 19.2 Å². The maximum atomic E-state index is 16.5. The van der Waals surface area contributed by atoms with Crippen LogP contribution in [-0.4, -0.2) is 59.6 Å². The Morgan fingerprint density at radius 3 is 2.48 bits per heavy atom. The van der Waals surface area contributed by atoms with Crippen molar-refractivity contribution < 1.29 is 28.3 Å². The quantitative estimate of drug-likeness (QED) is 0.114. The van der Waals surface area contributed by atoms with Gasteiger partial charge in [-0.2, -0.15) is 0 Å². The summed E-state index contributed by atoms with van der Waals surface area (Å²) in [5.41, 5.74) is 3.44. The molecule has 4 aromatic carbocycles. The molecule has 1 fully saturated rings. The molecular weight excluding hydrogens is 769 g/mol. The van der Waals surface area contributed by atoms with Gasteiger partial charge < -0.3 is 23.6 Å². The van der Waals surface area contributed by atoms with Gasteiger partial charge in [0.25, 0.3) is 11.8 Å². The molecule has 0 saturated carbocycles. The van der Waals surface area contributed by atoms with Crippen LogP contribution in [-0.2, 0) is 33.0 Å². The van der Waals surface area contributed by atoms with E-state index in [-0.39, 0.29) is 37.5 Å². The fourth-order valence-electron chi connectivity index (χ4n) is 8.66. The van der Waals surface area contributed by atoms with E-state index < -0.39 is 31.6 Å². The second kappa shape index (κ2) is 14.2. The molecule has 2 amide bonds. The van der Waals surface area contributed by atoms with Gasteiger partial charge in [0.15, 0.2) is 12.2 Å². The predicted octanol–water partition coefficient (Wildman–Crippen LogP) is 7.63. The Morgan fingerprint density at radius 1 is 1.00 bits per heavy atom. The number of aliphatic hydroxyl groups is 1. The molecule has 0 aliphatic carbocycles. The van der Waals surface area contributed by atoms with E-state index in [2.05, 4.69) is 26.2 Å². The number of fused-ring (bicyclic) bond motifs is 3. The number of carbonyl (C=O) groups is 2. The Hall–Kier alpha value is -4.69. The van der Waals surface area contributed by atoms with E-state index in [1.165, 1.54) is 0 Å². The van der Waals surface area contributed by atoms with Gasteiger partial charge in [-0.15, -0.1) is 5.10 Å². The van der Waals surface area contributed by atoms with Crippen LogP contribution in [0.5, 0.6) is 5.75 Å². The minimum absolute atomic E-state index is 0.0491.